The monoisotopic (exact) mass is 224 g/mol. The third-order valence-electron chi connectivity index (χ3n) is 2.01. The summed E-state index contributed by atoms with van der Waals surface area (Å²) in [7, 11) is 0. The third-order valence-corrected chi connectivity index (χ3v) is 2.01. The van der Waals surface area contributed by atoms with Gasteiger partial charge in [0.2, 0.25) is 0 Å². The molecule has 0 aliphatic heterocycles. The molecule has 0 heterocycles. The summed E-state index contributed by atoms with van der Waals surface area (Å²) < 4.78 is 5.36. The van der Waals surface area contributed by atoms with Crippen molar-refractivity contribution < 1.29 is 19.7 Å². The molecule has 0 spiro atoms. The second-order valence-electron chi connectivity index (χ2n) is 4.36. The minimum absolute atomic E-state index is 0.0537. The van der Waals surface area contributed by atoms with Crippen LogP contribution in [0.2, 0.25) is 0 Å². The molecular weight excluding hydrogens is 208 g/mol. The van der Waals surface area contributed by atoms with Crippen molar-refractivity contribution in [3.8, 4) is 5.75 Å². The highest BCUT2D eigenvalue weighted by Gasteiger charge is 2.18. The number of para-hydroxylation sites is 1. The molecule has 0 bridgehead atoms. The summed E-state index contributed by atoms with van der Waals surface area (Å²) in [5.41, 5.74) is -0.133. The summed E-state index contributed by atoms with van der Waals surface area (Å²) in [4.78, 5) is 11.0. The number of carboxylic acid groups (broad SMARTS) is 1. The van der Waals surface area contributed by atoms with E-state index in [1.165, 1.54) is 6.07 Å². The van der Waals surface area contributed by atoms with Gasteiger partial charge in [-0.1, -0.05) is 12.1 Å². The Morgan fingerprint density at radius 3 is 2.56 bits per heavy atom. The first-order valence-electron chi connectivity index (χ1n) is 4.99. The average Bonchev–Trinajstić information content (AvgIpc) is 2.13. The van der Waals surface area contributed by atoms with E-state index in [0.29, 0.717) is 5.75 Å². The molecule has 0 aliphatic rings. The number of benzene rings is 1. The van der Waals surface area contributed by atoms with Crippen molar-refractivity contribution in [2.45, 2.75) is 26.4 Å². The van der Waals surface area contributed by atoms with Crippen LogP contribution in [0.5, 0.6) is 5.75 Å². The number of carboxylic acids is 1. The molecule has 16 heavy (non-hydrogen) atoms. The Bertz CT molecular complexity index is 390. The Balaban J connectivity index is 2.98. The lowest BCUT2D eigenvalue weighted by molar-refractivity contribution is 0.0273. The van der Waals surface area contributed by atoms with Crippen LogP contribution >= 0.6 is 0 Å². The maximum atomic E-state index is 11.0. The summed E-state index contributed by atoms with van der Waals surface area (Å²) in [6, 6.07) is 4.91. The molecule has 0 amide bonds. The van der Waals surface area contributed by atoms with Crippen LogP contribution in [0.15, 0.2) is 18.2 Å². The van der Waals surface area contributed by atoms with Crippen molar-refractivity contribution in [3.63, 3.8) is 0 Å². The van der Waals surface area contributed by atoms with Crippen LogP contribution in [-0.2, 0) is 0 Å². The number of carbonyl (C=O) groups is 1. The molecule has 4 nitrogen and oxygen atoms in total. The van der Waals surface area contributed by atoms with Gasteiger partial charge in [0, 0.05) is 0 Å². The summed E-state index contributed by atoms with van der Waals surface area (Å²) in [5, 5.41) is 18.5. The Morgan fingerprint density at radius 2 is 2.06 bits per heavy atom. The Labute approximate surface area is 94.5 Å². The molecule has 0 atom stereocenters. The number of rotatable bonds is 4. The fourth-order valence-corrected chi connectivity index (χ4v) is 1.26. The van der Waals surface area contributed by atoms with Crippen LogP contribution < -0.4 is 4.74 Å². The van der Waals surface area contributed by atoms with Crippen LogP contribution in [0.4, 0.5) is 0 Å². The second kappa shape index (κ2) is 4.53. The van der Waals surface area contributed by atoms with E-state index in [4.69, 9.17) is 9.84 Å². The summed E-state index contributed by atoms with van der Waals surface area (Å²) in [6.45, 7) is 5.03. The number of hydrogen-bond donors (Lipinski definition) is 2. The van der Waals surface area contributed by atoms with Crippen molar-refractivity contribution in [1.82, 2.24) is 0 Å². The Kier molecular flexibility index (Phi) is 3.55. The Hall–Kier alpha value is -1.55. The third kappa shape index (κ3) is 3.24. The van der Waals surface area contributed by atoms with Crippen LogP contribution in [0.1, 0.15) is 29.8 Å². The van der Waals surface area contributed by atoms with Crippen LogP contribution in [0, 0.1) is 6.92 Å². The minimum atomic E-state index is -1.03. The highest BCUT2D eigenvalue weighted by atomic mass is 16.5. The molecule has 2 N–H and O–H groups in total. The highest BCUT2D eigenvalue weighted by molar-refractivity contribution is 5.91. The number of aromatic carboxylic acids is 1. The van der Waals surface area contributed by atoms with Gasteiger partial charge in [-0.25, -0.2) is 4.79 Å². The zero-order valence-electron chi connectivity index (χ0n) is 9.65. The fourth-order valence-electron chi connectivity index (χ4n) is 1.26. The molecule has 1 aromatic carbocycles. The van der Waals surface area contributed by atoms with Gasteiger partial charge in [0.15, 0.2) is 0 Å². The predicted octanol–water partition coefficient (Wildman–Crippen LogP) is 1.84. The smallest absolute Gasteiger partial charge is 0.339 e. The first-order chi connectivity index (χ1) is 7.31. The van der Waals surface area contributed by atoms with Crippen LogP contribution in [0.25, 0.3) is 0 Å². The summed E-state index contributed by atoms with van der Waals surface area (Å²) in [5.74, 6) is -0.716. The van der Waals surface area contributed by atoms with E-state index in [-0.39, 0.29) is 12.2 Å². The minimum Gasteiger partial charge on any atom is -0.489 e. The van der Waals surface area contributed by atoms with E-state index in [9.17, 15) is 9.90 Å². The van der Waals surface area contributed by atoms with Crippen molar-refractivity contribution in [2.75, 3.05) is 6.61 Å². The van der Waals surface area contributed by atoms with E-state index in [1.54, 1.807) is 32.9 Å². The normalized spacial score (nSPS) is 11.2. The largest absolute Gasteiger partial charge is 0.489 e. The molecule has 0 radical (unpaired) electrons. The predicted molar refractivity (Wildman–Crippen MR) is 59.9 cm³/mol. The van der Waals surface area contributed by atoms with Gasteiger partial charge in [-0.2, -0.15) is 0 Å². The van der Waals surface area contributed by atoms with Crippen LogP contribution in [-0.4, -0.2) is 28.4 Å². The van der Waals surface area contributed by atoms with Crippen molar-refractivity contribution in [2.24, 2.45) is 0 Å². The lowest BCUT2D eigenvalue weighted by Crippen LogP contribution is -2.28. The van der Waals surface area contributed by atoms with Gasteiger partial charge in [0.25, 0.3) is 0 Å². The van der Waals surface area contributed by atoms with E-state index in [1.807, 2.05) is 0 Å². The van der Waals surface area contributed by atoms with E-state index in [2.05, 4.69) is 0 Å². The van der Waals surface area contributed by atoms with E-state index < -0.39 is 11.6 Å². The molecule has 0 fully saturated rings. The molecule has 88 valence electrons. The van der Waals surface area contributed by atoms with Gasteiger partial charge < -0.3 is 14.9 Å². The molecular formula is C12H16O4. The van der Waals surface area contributed by atoms with Gasteiger partial charge >= 0.3 is 5.97 Å². The number of aliphatic hydroxyl groups is 1. The number of hydrogen-bond acceptors (Lipinski definition) is 3. The van der Waals surface area contributed by atoms with Gasteiger partial charge in [0.1, 0.15) is 17.9 Å². The van der Waals surface area contributed by atoms with Crippen LogP contribution in [0.3, 0.4) is 0 Å². The van der Waals surface area contributed by atoms with Gasteiger partial charge in [-0.15, -0.1) is 0 Å². The molecule has 0 unspecified atom stereocenters. The summed E-state index contributed by atoms with van der Waals surface area (Å²) >= 11 is 0. The van der Waals surface area contributed by atoms with Gasteiger partial charge in [0.05, 0.1) is 5.60 Å². The molecule has 0 saturated heterocycles. The standard InChI is InChI=1S/C12H16O4/c1-8-5-4-6-9(11(13)14)10(8)16-7-12(2,3)15/h4-6,15H,7H2,1-3H3,(H,13,14). The van der Waals surface area contributed by atoms with E-state index >= 15 is 0 Å². The zero-order valence-corrected chi connectivity index (χ0v) is 9.65. The van der Waals surface area contributed by atoms with Crippen molar-refractivity contribution in [1.29, 1.82) is 0 Å². The quantitative estimate of drug-likeness (QED) is 0.819. The zero-order chi connectivity index (χ0) is 12.3. The number of aryl methyl sites for hydroxylation is 1. The van der Waals surface area contributed by atoms with E-state index in [0.717, 1.165) is 5.56 Å². The average molecular weight is 224 g/mol. The lowest BCUT2D eigenvalue weighted by Gasteiger charge is -2.19. The Morgan fingerprint density at radius 1 is 1.44 bits per heavy atom. The first kappa shape index (κ1) is 12.5. The maximum Gasteiger partial charge on any atom is 0.339 e. The maximum absolute atomic E-state index is 11.0. The second-order valence-corrected chi connectivity index (χ2v) is 4.36. The SMILES string of the molecule is Cc1cccc(C(=O)O)c1OCC(C)(C)O. The molecule has 0 aromatic heterocycles. The molecule has 0 saturated carbocycles. The van der Waals surface area contributed by atoms with Gasteiger partial charge in [-0.05, 0) is 32.4 Å². The molecule has 0 aliphatic carbocycles. The first-order valence-corrected chi connectivity index (χ1v) is 4.99. The number of ether oxygens (including phenoxy) is 1. The molecule has 4 heteroatoms. The summed E-state index contributed by atoms with van der Waals surface area (Å²) in [6.07, 6.45) is 0. The van der Waals surface area contributed by atoms with Crippen molar-refractivity contribution in [3.05, 3.63) is 29.3 Å². The molecule has 1 aromatic rings. The van der Waals surface area contributed by atoms with Gasteiger partial charge in [-0.3, -0.25) is 0 Å². The topological polar surface area (TPSA) is 66.8 Å². The molecule has 1 rings (SSSR count). The fraction of sp³-hybridized carbons (Fsp3) is 0.417. The van der Waals surface area contributed by atoms with Crippen molar-refractivity contribution >= 4 is 5.97 Å². The highest BCUT2D eigenvalue weighted by Crippen LogP contribution is 2.24. The lowest BCUT2D eigenvalue weighted by atomic mass is 10.1.